The van der Waals surface area contributed by atoms with Crippen LogP contribution in [0.1, 0.15) is 16.7 Å². The third-order valence-corrected chi connectivity index (χ3v) is 5.37. The molecule has 4 rings (SSSR count). The molecule has 1 heterocycles. The van der Waals surface area contributed by atoms with Crippen molar-refractivity contribution in [1.82, 2.24) is 0 Å². The molecule has 30 heavy (non-hydrogen) atoms. The Hall–Kier alpha value is -2.74. The number of ether oxygens (including phenoxy) is 1. The van der Waals surface area contributed by atoms with Crippen LogP contribution in [0.2, 0.25) is 0 Å². The molecule has 0 aliphatic heterocycles. The molecule has 0 saturated carbocycles. The number of rotatable bonds is 5. The summed E-state index contributed by atoms with van der Waals surface area (Å²) >= 11 is 2.21. The molecular formula is C24H16F3IO2. The van der Waals surface area contributed by atoms with E-state index in [0.717, 1.165) is 32.2 Å². The van der Waals surface area contributed by atoms with Crippen molar-refractivity contribution in [3.8, 4) is 5.75 Å². The molecule has 0 saturated heterocycles. The summed E-state index contributed by atoms with van der Waals surface area (Å²) in [7, 11) is 0. The second-order valence-corrected chi connectivity index (χ2v) is 7.85. The van der Waals surface area contributed by atoms with Crippen LogP contribution in [0.3, 0.4) is 0 Å². The predicted molar refractivity (Wildman–Crippen MR) is 119 cm³/mol. The Morgan fingerprint density at radius 2 is 1.57 bits per heavy atom. The highest BCUT2D eigenvalue weighted by Gasteiger charge is 2.30. The number of hydrogen-bond donors (Lipinski definition) is 0. The molecule has 0 amide bonds. The number of fused-ring (bicyclic) bond motifs is 1. The van der Waals surface area contributed by atoms with Crippen LogP contribution >= 0.6 is 22.6 Å². The molecule has 0 unspecified atom stereocenters. The van der Waals surface area contributed by atoms with Crippen molar-refractivity contribution < 1.29 is 22.3 Å². The van der Waals surface area contributed by atoms with Gasteiger partial charge in [-0.1, -0.05) is 36.4 Å². The maximum absolute atomic E-state index is 12.9. The van der Waals surface area contributed by atoms with Crippen molar-refractivity contribution in [2.24, 2.45) is 0 Å². The van der Waals surface area contributed by atoms with Crippen LogP contribution in [0.15, 0.2) is 89.6 Å². The predicted octanol–water partition coefficient (Wildman–Crippen LogP) is 7.57. The van der Waals surface area contributed by atoms with Crippen molar-refractivity contribution in [1.29, 1.82) is 0 Å². The van der Waals surface area contributed by atoms with E-state index in [1.54, 1.807) is 6.26 Å². The van der Waals surface area contributed by atoms with Gasteiger partial charge in [-0.15, -0.1) is 0 Å². The van der Waals surface area contributed by atoms with E-state index in [4.69, 9.17) is 9.15 Å². The zero-order valence-electron chi connectivity index (χ0n) is 15.6. The zero-order valence-corrected chi connectivity index (χ0v) is 17.8. The first-order valence-electron chi connectivity index (χ1n) is 9.14. The van der Waals surface area contributed by atoms with Gasteiger partial charge in [-0.05, 0) is 81.8 Å². The fourth-order valence-corrected chi connectivity index (χ4v) is 3.52. The second-order valence-electron chi connectivity index (χ2n) is 6.61. The Morgan fingerprint density at radius 1 is 0.900 bits per heavy atom. The largest absolute Gasteiger partial charge is 0.486 e. The molecule has 152 valence electrons. The normalized spacial score (nSPS) is 12.3. The topological polar surface area (TPSA) is 22.4 Å². The monoisotopic (exact) mass is 520 g/mol. The van der Waals surface area contributed by atoms with Gasteiger partial charge in [0, 0.05) is 8.96 Å². The molecule has 0 spiro atoms. The summed E-state index contributed by atoms with van der Waals surface area (Å²) in [6, 6.07) is 20.5. The highest BCUT2D eigenvalue weighted by molar-refractivity contribution is 14.1. The summed E-state index contributed by atoms with van der Waals surface area (Å²) in [4.78, 5) is 0. The summed E-state index contributed by atoms with van der Waals surface area (Å²) in [6.45, 7) is 0.238. The van der Waals surface area contributed by atoms with Gasteiger partial charge < -0.3 is 9.15 Å². The van der Waals surface area contributed by atoms with Crippen LogP contribution in [0.25, 0.3) is 16.5 Å². The molecule has 0 N–H and O–H groups in total. The SMILES string of the molecule is FC(F)(F)c1ccc(C(=CCOc2cccc3ccoc23)c2ccc(I)cc2)cc1. The van der Waals surface area contributed by atoms with E-state index in [-0.39, 0.29) is 6.61 Å². The van der Waals surface area contributed by atoms with Gasteiger partial charge in [-0.25, -0.2) is 0 Å². The molecule has 1 aromatic heterocycles. The molecule has 0 bridgehead atoms. The van der Waals surface area contributed by atoms with Gasteiger partial charge in [0.1, 0.15) is 6.61 Å². The maximum Gasteiger partial charge on any atom is 0.416 e. The summed E-state index contributed by atoms with van der Waals surface area (Å²) < 4.78 is 51.3. The number of halogens is 4. The van der Waals surface area contributed by atoms with Gasteiger partial charge in [0.2, 0.25) is 0 Å². The average molecular weight is 520 g/mol. The van der Waals surface area contributed by atoms with Gasteiger partial charge in [-0.2, -0.15) is 13.2 Å². The van der Waals surface area contributed by atoms with Crippen LogP contribution in [-0.4, -0.2) is 6.61 Å². The lowest BCUT2D eigenvalue weighted by molar-refractivity contribution is -0.137. The van der Waals surface area contributed by atoms with E-state index >= 15 is 0 Å². The van der Waals surface area contributed by atoms with E-state index in [2.05, 4.69) is 22.6 Å². The molecule has 6 heteroatoms. The van der Waals surface area contributed by atoms with Crippen LogP contribution in [-0.2, 0) is 6.18 Å². The number of hydrogen-bond acceptors (Lipinski definition) is 2. The fraction of sp³-hybridized carbons (Fsp3) is 0.0833. The quantitative estimate of drug-likeness (QED) is 0.254. The lowest BCUT2D eigenvalue weighted by atomic mass is 9.96. The van der Waals surface area contributed by atoms with Crippen molar-refractivity contribution in [3.63, 3.8) is 0 Å². The standard InChI is InChI=1S/C24H16F3IO2/c25-24(26,27)19-8-4-16(5-9-19)21(17-6-10-20(28)11-7-17)13-15-29-22-3-1-2-18-12-14-30-23(18)22/h1-14H,15H2. The minimum Gasteiger partial charge on any atom is -0.486 e. The first kappa shape index (κ1) is 20.5. The Labute approximate surface area is 185 Å². The van der Waals surface area contributed by atoms with Gasteiger partial charge in [0.15, 0.2) is 11.3 Å². The number of para-hydroxylation sites is 1. The number of furan rings is 1. The molecule has 3 aromatic carbocycles. The van der Waals surface area contributed by atoms with E-state index < -0.39 is 11.7 Å². The van der Waals surface area contributed by atoms with Crippen LogP contribution in [0, 0.1) is 3.57 Å². The summed E-state index contributed by atoms with van der Waals surface area (Å²) in [5, 5.41) is 0.942. The molecule has 0 atom stereocenters. The van der Waals surface area contributed by atoms with Crippen molar-refractivity contribution in [2.75, 3.05) is 6.61 Å². The lowest BCUT2D eigenvalue weighted by Crippen LogP contribution is -2.04. The van der Waals surface area contributed by atoms with Crippen molar-refractivity contribution in [3.05, 3.63) is 105 Å². The number of alkyl halides is 3. The molecular weight excluding hydrogens is 504 g/mol. The van der Waals surface area contributed by atoms with Crippen LogP contribution in [0.5, 0.6) is 5.75 Å². The minimum absolute atomic E-state index is 0.238. The van der Waals surface area contributed by atoms with E-state index in [9.17, 15) is 13.2 Å². The van der Waals surface area contributed by atoms with E-state index in [1.807, 2.05) is 54.6 Å². The molecule has 0 aliphatic rings. The van der Waals surface area contributed by atoms with E-state index in [0.29, 0.717) is 16.9 Å². The van der Waals surface area contributed by atoms with Crippen molar-refractivity contribution in [2.45, 2.75) is 6.18 Å². The third kappa shape index (κ3) is 4.53. The molecule has 2 nitrogen and oxygen atoms in total. The van der Waals surface area contributed by atoms with Gasteiger partial charge in [0.05, 0.1) is 11.8 Å². The lowest BCUT2D eigenvalue weighted by Gasteiger charge is -2.12. The van der Waals surface area contributed by atoms with Gasteiger partial charge in [-0.3, -0.25) is 0 Å². The highest BCUT2D eigenvalue weighted by Crippen LogP contribution is 2.32. The Bertz CT molecular complexity index is 1170. The average Bonchev–Trinajstić information content (AvgIpc) is 3.21. The van der Waals surface area contributed by atoms with Crippen LogP contribution in [0.4, 0.5) is 13.2 Å². The van der Waals surface area contributed by atoms with Crippen LogP contribution < -0.4 is 4.74 Å². The Balaban J connectivity index is 1.65. The van der Waals surface area contributed by atoms with Gasteiger partial charge >= 0.3 is 6.18 Å². The van der Waals surface area contributed by atoms with Crippen molar-refractivity contribution >= 4 is 39.1 Å². The molecule has 0 radical (unpaired) electrons. The smallest absolute Gasteiger partial charge is 0.416 e. The third-order valence-electron chi connectivity index (χ3n) is 4.65. The maximum atomic E-state index is 12.9. The van der Waals surface area contributed by atoms with E-state index in [1.165, 1.54) is 12.1 Å². The zero-order chi connectivity index (χ0) is 21.1. The van der Waals surface area contributed by atoms with Gasteiger partial charge in [0.25, 0.3) is 0 Å². The first-order valence-corrected chi connectivity index (χ1v) is 10.2. The molecule has 4 aromatic rings. The highest BCUT2D eigenvalue weighted by atomic mass is 127. The Kier molecular flexibility index (Phi) is 5.85. The second kappa shape index (κ2) is 8.55. The summed E-state index contributed by atoms with van der Waals surface area (Å²) in [6.07, 6.45) is -0.894. The molecule has 0 aliphatic carbocycles. The number of benzene rings is 3. The fourth-order valence-electron chi connectivity index (χ4n) is 3.16. The summed E-state index contributed by atoms with van der Waals surface area (Å²) in [5.74, 6) is 0.614. The first-order chi connectivity index (χ1) is 14.4. The Morgan fingerprint density at radius 3 is 2.23 bits per heavy atom. The summed E-state index contributed by atoms with van der Waals surface area (Å²) in [5.41, 5.74) is 2.37. The molecule has 0 fully saturated rings. The minimum atomic E-state index is -4.36.